The van der Waals surface area contributed by atoms with Gasteiger partial charge in [0.15, 0.2) is 5.82 Å². The molecule has 8 rings (SSSR count). The number of ether oxygens (including phenoxy) is 1. The normalized spacial score (nSPS) is 29.3. The maximum Gasteiger partial charge on any atom is 0.319 e. The Morgan fingerprint density at radius 3 is 2.68 bits per heavy atom. The van der Waals surface area contributed by atoms with Crippen LogP contribution in [0.15, 0.2) is 36.4 Å². The number of hydrogen-bond donors (Lipinski definition) is 4. The molecule has 248 valence electrons. The summed E-state index contributed by atoms with van der Waals surface area (Å²) in [6.07, 6.45) is 2.03. The highest BCUT2D eigenvalue weighted by atomic mass is 35.5. The van der Waals surface area contributed by atoms with Gasteiger partial charge in [0, 0.05) is 65.0 Å². The van der Waals surface area contributed by atoms with E-state index in [0.717, 1.165) is 12.8 Å². The number of aliphatic hydroxyl groups excluding tert-OH is 1. The summed E-state index contributed by atoms with van der Waals surface area (Å²) in [5, 5.41) is 28.0. The van der Waals surface area contributed by atoms with Crippen molar-refractivity contribution in [1.29, 1.82) is 0 Å². The van der Waals surface area contributed by atoms with Gasteiger partial charge in [-0.25, -0.2) is 17.6 Å². The number of piperazine rings is 1. The predicted molar refractivity (Wildman–Crippen MR) is 170 cm³/mol. The van der Waals surface area contributed by atoms with Gasteiger partial charge in [-0.2, -0.15) is 9.97 Å². The zero-order valence-corrected chi connectivity index (χ0v) is 26.4. The standard InChI is InChI=1S/C34H34ClF4N5O3/c1-32-6-5-18(43-32)12-44(15-32)30-23-11-25(36)27(22-10-20(45)7-17-3-2-4-24(35)26(17)22)28(37)29(23)41-31(42-30)47-16-33(13-34(33,38)39)14-40-19-8-21(46)9-19/h2-4,7,10-11,18-19,21,40,43,45-46H,5-6,8-9,12-16H2,1H3/t18?,19-,21+,32-,33+/m0/s1. The summed E-state index contributed by atoms with van der Waals surface area (Å²) in [7, 11) is 0. The Hall–Kier alpha value is -3.45. The molecule has 1 aromatic heterocycles. The topological polar surface area (TPSA) is 103 Å². The van der Waals surface area contributed by atoms with Crippen LogP contribution < -0.4 is 20.3 Å². The third-order valence-corrected chi connectivity index (χ3v) is 10.7. The molecule has 3 heterocycles. The Morgan fingerprint density at radius 2 is 1.96 bits per heavy atom. The molecule has 0 spiro atoms. The van der Waals surface area contributed by atoms with Crippen LogP contribution in [0.2, 0.25) is 5.02 Å². The van der Waals surface area contributed by atoms with Crippen LogP contribution >= 0.6 is 11.6 Å². The molecule has 3 atom stereocenters. The van der Waals surface area contributed by atoms with Gasteiger partial charge in [-0.05, 0) is 62.3 Å². The van der Waals surface area contributed by atoms with Crippen molar-refractivity contribution in [3.05, 3.63) is 53.1 Å². The number of fused-ring (bicyclic) bond motifs is 4. The first-order chi connectivity index (χ1) is 22.3. The van der Waals surface area contributed by atoms with E-state index >= 15 is 8.78 Å². The fraction of sp³-hybridized carbons (Fsp3) is 0.471. The van der Waals surface area contributed by atoms with Gasteiger partial charge in [0.2, 0.25) is 0 Å². The molecule has 3 aromatic carbocycles. The Bertz CT molecular complexity index is 1930. The summed E-state index contributed by atoms with van der Waals surface area (Å²) >= 11 is 6.50. The number of aliphatic hydroxyl groups is 1. The lowest BCUT2D eigenvalue weighted by Gasteiger charge is -2.40. The van der Waals surface area contributed by atoms with Crippen molar-refractivity contribution in [2.75, 3.05) is 31.1 Å². The van der Waals surface area contributed by atoms with E-state index in [1.165, 1.54) is 18.2 Å². The van der Waals surface area contributed by atoms with Gasteiger partial charge in [-0.15, -0.1) is 0 Å². The highest BCUT2D eigenvalue weighted by Gasteiger charge is 2.71. The molecule has 1 unspecified atom stereocenters. The number of benzene rings is 3. The molecule has 0 radical (unpaired) electrons. The van der Waals surface area contributed by atoms with Crippen LogP contribution in [-0.2, 0) is 0 Å². The van der Waals surface area contributed by atoms with Gasteiger partial charge >= 0.3 is 6.01 Å². The van der Waals surface area contributed by atoms with Crippen molar-refractivity contribution in [3.63, 3.8) is 0 Å². The molecule has 13 heteroatoms. The molecule has 4 aliphatic rings. The molecule has 2 aliphatic carbocycles. The summed E-state index contributed by atoms with van der Waals surface area (Å²) in [5.74, 6) is -4.84. The predicted octanol–water partition coefficient (Wildman–Crippen LogP) is 5.94. The first-order valence-corrected chi connectivity index (χ1v) is 16.3. The summed E-state index contributed by atoms with van der Waals surface area (Å²) in [6, 6.07) is 8.64. The van der Waals surface area contributed by atoms with Crippen LogP contribution in [0, 0.1) is 17.0 Å². The van der Waals surface area contributed by atoms with E-state index < -0.39 is 47.7 Å². The third kappa shape index (κ3) is 5.24. The molecule has 2 aliphatic heterocycles. The first-order valence-electron chi connectivity index (χ1n) is 15.9. The number of aromatic nitrogens is 2. The number of phenolic OH excluding ortho intramolecular Hbond substituents is 1. The van der Waals surface area contributed by atoms with E-state index in [4.69, 9.17) is 16.3 Å². The van der Waals surface area contributed by atoms with Crippen LogP contribution in [0.1, 0.15) is 39.0 Å². The minimum Gasteiger partial charge on any atom is -0.508 e. The van der Waals surface area contributed by atoms with Crippen LogP contribution in [0.5, 0.6) is 11.8 Å². The van der Waals surface area contributed by atoms with Crippen molar-refractivity contribution in [1.82, 2.24) is 20.6 Å². The molecule has 2 saturated heterocycles. The maximum absolute atomic E-state index is 16.8. The van der Waals surface area contributed by atoms with Crippen molar-refractivity contribution >= 4 is 39.1 Å². The van der Waals surface area contributed by atoms with Gasteiger partial charge in [-0.1, -0.05) is 23.7 Å². The fourth-order valence-corrected chi connectivity index (χ4v) is 7.94. The fourth-order valence-electron chi connectivity index (χ4n) is 7.66. The third-order valence-electron chi connectivity index (χ3n) is 10.4. The summed E-state index contributed by atoms with van der Waals surface area (Å²) in [4.78, 5) is 10.9. The average molecular weight is 672 g/mol. The minimum absolute atomic E-state index is 0.0231. The largest absolute Gasteiger partial charge is 0.508 e. The molecule has 2 saturated carbocycles. The van der Waals surface area contributed by atoms with Crippen molar-refractivity contribution in [2.24, 2.45) is 5.41 Å². The molecular weight excluding hydrogens is 638 g/mol. The zero-order chi connectivity index (χ0) is 32.9. The number of alkyl halides is 2. The van der Waals surface area contributed by atoms with Gasteiger partial charge < -0.3 is 30.5 Å². The number of halogens is 5. The lowest BCUT2D eigenvalue weighted by Crippen LogP contribution is -2.58. The van der Waals surface area contributed by atoms with Crippen LogP contribution in [0.4, 0.5) is 23.4 Å². The quantitative estimate of drug-likeness (QED) is 0.171. The molecule has 2 bridgehead atoms. The Kier molecular flexibility index (Phi) is 7.08. The second-order valence-electron chi connectivity index (χ2n) is 14.1. The summed E-state index contributed by atoms with van der Waals surface area (Å²) in [5.41, 5.74) is -2.37. The van der Waals surface area contributed by atoms with E-state index in [0.29, 0.717) is 36.7 Å². The number of hydrogen-bond acceptors (Lipinski definition) is 8. The molecule has 4 N–H and O–H groups in total. The molecule has 4 aromatic rings. The van der Waals surface area contributed by atoms with E-state index in [2.05, 4.69) is 27.5 Å². The number of nitrogens with one attached hydrogen (secondary N) is 2. The molecule has 8 nitrogen and oxygen atoms in total. The highest BCUT2D eigenvalue weighted by Crippen LogP contribution is 2.60. The van der Waals surface area contributed by atoms with Crippen molar-refractivity contribution < 1.29 is 32.5 Å². The number of phenols is 1. The zero-order valence-electron chi connectivity index (χ0n) is 25.6. The smallest absolute Gasteiger partial charge is 0.319 e. The van der Waals surface area contributed by atoms with Gasteiger partial charge in [0.25, 0.3) is 5.92 Å². The van der Waals surface area contributed by atoms with Crippen molar-refractivity contribution in [2.45, 2.75) is 68.7 Å². The van der Waals surface area contributed by atoms with Crippen molar-refractivity contribution in [3.8, 4) is 22.9 Å². The molecule has 4 fully saturated rings. The first kappa shape index (κ1) is 30.9. The monoisotopic (exact) mass is 671 g/mol. The molecular formula is C34H34ClF4N5O3. The number of anilines is 1. The summed E-state index contributed by atoms with van der Waals surface area (Å²) in [6.45, 7) is 2.68. The average Bonchev–Trinajstić information content (AvgIpc) is 3.43. The van der Waals surface area contributed by atoms with Gasteiger partial charge in [0.05, 0.1) is 17.1 Å². The lowest BCUT2D eigenvalue weighted by molar-refractivity contribution is 0.0271. The second-order valence-corrected chi connectivity index (χ2v) is 14.5. The lowest BCUT2D eigenvalue weighted by atomic mass is 9.89. The van der Waals surface area contributed by atoms with E-state index in [9.17, 15) is 19.0 Å². The van der Waals surface area contributed by atoms with Crippen LogP contribution in [0.25, 0.3) is 32.8 Å². The van der Waals surface area contributed by atoms with Crippen LogP contribution in [-0.4, -0.2) is 76.1 Å². The Morgan fingerprint density at radius 1 is 1.17 bits per heavy atom. The van der Waals surface area contributed by atoms with E-state index in [-0.39, 0.29) is 63.2 Å². The van der Waals surface area contributed by atoms with Gasteiger partial charge in [0.1, 0.15) is 29.5 Å². The molecule has 0 amide bonds. The van der Waals surface area contributed by atoms with Gasteiger partial charge in [-0.3, -0.25) is 0 Å². The van der Waals surface area contributed by atoms with E-state index in [1.807, 2.05) is 4.90 Å². The molecule has 47 heavy (non-hydrogen) atoms. The van der Waals surface area contributed by atoms with E-state index in [1.54, 1.807) is 18.2 Å². The Balaban J connectivity index is 1.23. The number of aromatic hydroxyl groups is 1. The Labute approximate surface area is 273 Å². The maximum atomic E-state index is 16.8. The second kappa shape index (κ2) is 10.8. The highest BCUT2D eigenvalue weighted by molar-refractivity contribution is 6.36. The summed E-state index contributed by atoms with van der Waals surface area (Å²) < 4.78 is 68.3. The number of rotatable bonds is 8. The SMILES string of the molecule is C[C@]12CCC(CN(c3nc(OC[C@]4(CN[C@H]5C[C@@H](O)C5)CC4(F)F)nc4c(F)c(-c5cc(O)cc6cccc(Cl)c56)c(F)cc34)C1)N2. The van der Waals surface area contributed by atoms with Crippen LogP contribution in [0.3, 0.4) is 0 Å². The number of nitrogens with zero attached hydrogens (tertiary/aromatic N) is 3. The minimum atomic E-state index is -2.98.